The Bertz CT molecular complexity index is 632. The van der Waals surface area contributed by atoms with E-state index in [0.717, 1.165) is 5.56 Å². The zero-order valence-corrected chi connectivity index (χ0v) is 12.8. The number of hydrogen-bond acceptors (Lipinski definition) is 6. The van der Waals surface area contributed by atoms with Gasteiger partial charge in [0.15, 0.2) is 12.4 Å². The summed E-state index contributed by atoms with van der Waals surface area (Å²) in [6.07, 6.45) is -1.19. The van der Waals surface area contributed by atoms with Gasteiger partial charge < -0.3 is 24.5 Å². The molecule has 0 radical (unpaired) electrons. The van der Waals surface area contributed by atoms with Crippen LogP contribution < -0.4 is 10.6 Å². The van der Waals surface area contributed by atoms with Crippen molar-refractivity contribution in [1.29, 1.82) is 0 Å². The molecule has 0 aliphatic carbocycles. The van der Waals surface area contributed by atoms with Crippen molar-refractivity contribution < 1.29 is 23.5 Å². The van der Waals surface area contributed by atoms with Gasteiger partial charge in [0.2, 0.25) is 5.89 Å². The molecule has 0 unspecified atom stereocenters. The molecule has 2 N–H and O–H groups in total. The number of oxazole rings is 1. The lowest BCUT2D eigenvalue weighted by Crippen LogP contribution is -2.20. The number of aromatic nitrogens is 1. The number of benzene rings is 1. The van der Waals surface area contributed by atoms with Gasteiger partial charge in [0, 0.05) is 19.7 Å². The molecule has 2 aromatic rings. The van der Waals surface area contributed by atoms with Crippen LogP contribution >= 0.6 is 0 Å². The second-order valence-electron chi connectivity index (χ2n) is 4.41. The van der Waals surface area contributed by atoms with Gasteiger partial charge in [-0.2, -0.15) is 0 Å². The van der Waals surface area contributed by atoms with E-state index in [4.69, 9.17) is 13.9 Å². The zero-order valence-electron chi connectivity index (χ0n) is 12.8. The molecular weight excluding hydrogens is 302 g/mol. The third kappa shape index (κ3) is 4.47. The van der Waals surface area contributed by atoms with E-state index >= 15 is 0 Å². The zero-order chi connectivity index (χ0) is 16.7. The normalized spacial score (nSPS) is 10.0. The summed E-state index contributed by atoms with van der Waals surface area (Å²) < 4.78 is 15.6. The van der Waals surface area contributed by atoms with Crippen LogP contribution in [0.3, 0.4) is 0 Å². The SMILES string of the molecule is CNC(=O)OCc1nc(-c2ccccc2)oc1COC(=O)NC. The van der Waals surface area contributed by atoms with Gasteiger partial charge in [-0.3, -0.25) is 0 Å². The van der Waals surface area contributed by atoms with Crippen molar-refractivity contribution in [3.8, 4) is 11.5 Å². The van der Waals surface area contributed by atoms with Crippen molar-refractivity contribution in [3.05, 3.63) is 41.8 Å². The Hall–Kier alpha value is -3.03. The second kappa shape index (κ2) is 7.83. The third-order valence-corrected chi connectivity index (χ3v) is 2.88. The molecular formula is C15H17N3O5. The first-order chi connectivity index (χ1) is 11.1. The van der Waals surface area contributed by atoms with E-state index in [1.807, 2.05) is 30.3 Å². The first-order valence-electron chi connectivity index (χ1n) is 6.87. The highest BCUT2D eigenvalue weighted by Gasteiger charge is 2.17. The van der Waals surface area contributed by atoms with Crippen LogP contribution in [0.1, 0.15) is 11.5 Å². The lowest BCUT2D eigenvalue weighted by molar-refractivity contribution is 0.126. The lowest BCUT2D eigenvalue weighted by atomic mass is 10.2. The number of nitrogens with zero attached hydrogens (tertiary/aromatic N) is 1. The van der Waals surface area contributed by atoms with Crippen LogP contribution in [0, 0.1) is 0 Å². The molecule has 23 heavy (non-hydrogen) atoms. The Kier molecular flexibility index (Phi) is 5.56. The molecule has 0 aliphatic rings. The number of alkyl carbamates (subject to hydrolysis) is 2. The van der Waals surface area contributed by atoms with E-state index in [9.17, 15) is 9.59 Å². The summed E-state index contributed by atoms with van der Waals surface area (Å²) >= 11 is 0. The van der Waals surface area contributed by atoms with Crippen molar-refractivity contribution in [3.63, 3.8) is 0 Å². The number of carbonyl (C=O) groups excluding carboxylic acids is 2. The van der Waals surface area contributed by atoms with E-state index in [1.54, 1.807) is 0 Å². The number of ether oxygens (including phenoxy) is 2. The third-order valence-electron chi connectivity index (χ3n) is 2.88. The smallest absolute Gasteiger partial charge is 0.407 e. The lowest BCUT2D eigenvalue weighted by Gasteiger charge is -2.04. The molecule has 122 valence electrons. The Morgan fingerprint density at radius 1 is 1.04 bits per heavy atom. The largest absolute Gasteiger partial charge is 0.443 e. The monoisotopic (exact) mass is 319 g/mol. The molecule has 0 saturated carbocycles. The molecule has 8 nitrogen and oxygen atoms in total. The Morgan fingerprint density at radius 2 is 1.65 bits per heavy atom. The van der Waals surface area contributed by atoms with Gasteiger partial charge in [0.25, 0.3) is 0 Å². The second-order valence-corrected chi connectivity index (χ2v) is 4.41. The highest BCUT2D eigenvalue weighted by Crippen LogP contribution is 2.23. The molecule has 8 heteroatoms. The topological polar surface area (TPSA) is 103 Å². The highest BCUT2D eigenvalue weighted by atomic mass is 16.6. The van der Waals surface area contributed by atoms with Crippen molar-refractivity contribution in [1.82, 2.24) is 15.6 Å². The summed E-state index contributed by atoms with van der Waals surface area (Å²) in [5, 5.41) is 4.67. The first kappa shape index (κ1) is 16.3. The summed E-state index contributed by atoms with van der Waals surface area (Å²) in [5.41, 5.74) is 1.15. The van der Waals surface area contributed by atoms with Crippen LogP contribution in [0.2, 0.25) is 0 Å². The number of rotatable bonds is 5. The van der Waals surface area contributed by atoms with E-state index in [0.29, 0.717) is 17.3 Å². The van der Waals surface area contributed by atoms with E-state index in [2.05, 4.69) is 15.6 Å². The number of amides is 2. The van der Waals surface area contributed by atoms with Gasteiger partial charge in [-0.1, -0.05) is 18.2 Å². The fourth-order valence-electron chi connectivity index (χ4n) is 1.72. The molecule has 0 spiro atoms. The average molecular weight is 319 g/mol. The summed E-state index contributed by atoms with van der Waals surface area (Å²) in [5.74, 6) is 0.674. The predicted molar refractivity (Wildman–Crippen MR) is 80.4 cm³/mol. The van der Waals surface area contributed by atoms with Crippen molar-refractivity contribution in [2.45, 2.75) is 13.2 Å². The fourth-order valence-corrected chi connectivity index (χ4v) is 1.72. The van der Waals surface area contributed by atoms with Gasteiger partial charge in [-0.25, -0.2) is 14.6 Å². The predicted octanol–water partition coefficient (Wildman–Crippen LogP) is 2.05. The first-order valence-corrected chi connectivity index (χ1v) is 6.87. The quantitative estimate of drug-likeness (QED) is 0.874. The van der Waals surface area contributed by atoms with Gasteiger partial charge in [-0.15, -0.1) is 0 Å². The average Bonchev–Trinajstić information content (AvgIpc) is 3.01. The van der Waals surface area contributed by atoms with Crippen molar-refractivity contribution in [2.75, 3.05) is 14.1 Å². The maximum absolute atomic E-state index is 11.2. The van der Waals surface area contributed by atoms with Crippen LogP contribution in [0.4, 0.5) is 9.59 Å². The molecule has 1 aromatic carbocycles. The standard InChI is InChI=1S/C15H17N3O5/c1-16-14(19)21-8-11-12(9-22-15(20)17-2)23-13(18-11)10-6-4-3-5-7-10/h3-7H,8-9H2,1-2H3,(H,16,19)(H,17,20). The van der Waals surface area contributed by atoms with E-state index < -0.39 is 12.2 Å². The molecule has 0 atom stereocenters. The van der Waals surface area contributed by atoms with Crippen LogP contribution in [-0.2, 0) is 22.7 Å². The minimum Gasteiger partial charge on any atom is -0.443 e. The number of carbonyl (C=O) groups is 2. The maximum Gasteiger partial charge on any atom is 0.407 e. The summed E-state index contributed by atoms with van der Waals surface area (Å²) in [4.78, 5) is 26.7. The summed E-state index contributed by atoms with van der Waals surface area (Å²) in [7, 11) is 2.91. The molecule has 2 amide bonds. The van der Waals surface area contributed by atoms with Crippen LogP contribution in [0.15, 0.2) is 34.7 Å². The number of nitrogens with one attached hydrogen (secondary N) is 2. The molecule has 0 aliphatic heterocycles. The van der Waals surface area contributed by atoms with E-state index in [1.165, 1.54) is 14.1 Å². The molecule has 1 aromatic heterocycles. The van der Waals surface area contributed by atoms with Gasteiger partial charge in [-0.05, 0) is 12.1 Å². The van der Waals surface area contributed by atoms with Crippen LogP contribution in [0.5, 0.6) is 0 Å². The highest BCUT2D eigenvalue weighted by molar-refractivity contribution is 5.67. The molecule has 1 heterocycles. The molecule has 2 rings (SSSR count). The van der Waals surface area contributed by atoms with Crippen molar-refractivity contribution >= 4 is 12.2 Å². The van der Waals surface area contributed by atoms with Gasteiger partial charge >= 0.3 is 12.2 Å². The molecule has 0 fully saturated rings. The Labute approximate surface area is 132 Å². The number of hydrogen-bond donors (Lipinski definition) is 2. The van der Waals surface area contributed by atoms with Gasteiger partial charge in [0.05, 0.1) is 0 Å². The molecule has 0 saturated heterocycles. The summed E-state index contributed by atoms with van der Waals surface area (Å²) in [6, 6.07) is 9.23. The minimum atomic E-state index is -0.596. The van der Waals surface area contributed by atoms with Gasteiger partial charge in [0.1, 0.15) is 12.3 Å². The Morgan fingerprint density at radius 3 is 2.26 bits per heavy atom. The van der Waals surface area contributed by atoms with Crippen LogP contribution in [0.25, 0.3) is 11.5 Å². The van der Waals surface area contributed by atoms with E-state index in [-0.39, 0.29) is 13.2 Å². The Balaban J connectivity index is 2.20. The van der Waals surface area contributed by atoms with Crippen molar-refractivity contribution in [2.24, 2.45) is 0 Å². The summed E-state index contributed by atoms with van der Waals surface area (Å²) in [6.45, 7) is -0.214. The fraction of sp³-hybridized carbons (Fsp3) is 0.267. The van der Waals surface area contributed by atoms with Crippen LogP contribution in [-0.4, -0.2) is 31.3 Å². The molecule has 0 bridgehead atoms. The maximum atomic E-state index is 11.2. The minimum absolute atomic E-state index is 0.0948.